The normalized spacial score (nSPS) is 10.6. The smallest absolute Gasteiger partial charge is 0.336 e. The lowest BCUT2D eigenvalue weighted by Crippen LogP contribution is -2.01. The molecule has 24 heavy (non-hydrogen) atoms. The van der Waals surface area contributed by atoms with Crippen molar-refractivity contribution in [1.29, 1.82) is 0 Å². The van der Waals surface area contributed by atoms with E-state index in [4.69, 9.17) is 16.3 Å². The van der Waals surface area contributed by atoms with E-state index in [1.54, 1.807) is 28.9 Å². The Kier molecular flexibility index (Phi) is 4.22. The number of aromatic carboxylic acids is 1. The van der Waals surface area contributed by atoms with Crippen molar-refractivity contribution in [2.75, 3.05) is 7.11 Å². The van der Waals surface area contributed by atoms with E-state index in [2.05, 4.69) is 10.1 Å². The number of ether oxygens (including phenoxy) is 1. The maximum Gasteiger partial charge on any atom is 0.336 e. The molecule has 0 atom stereocenters. The molecule has 3 rings (SSSR count). The number of aromatic nitrogens is 3. The maximum absolute atomic E-state index is 11.6. The third kappa shape index (κ3) is 2.96. The number of carboxylic acid groups (broad SMARTS) is 1. The van der Waals surface area contributed by atoms with E-state index < -0.39 is 5.97 Å². The van der Waals surface area contributed by atoms with Gasteiger partial charge in [-0.05, 0) is 24.3 Å². The molecule has 0 unspecified atom stereocenters. The molecule has 0 saturated heterocycles. The third-order valence-corrected chi connectivity index (χ3v) is 3.81. The van der Waals surface area contributed by atoms with Crippen molar-refractivity contribution in [2.24, 2.45) is 7.05 Å². The lowest BCUT2D eigenvalue weighted by atomic mass is 9.96. The minimum absolute atomic E-state index is 0.148. The fraction of sp³-hybridized carbons (Fsp3) is 0.118. The fourth-order valence-electron chi connectivity index (χ4n) is 2.47. The van der Waals surface area contributed by atoms with E-state index in [0.717, 1.165) is 11.3 Å². The largest absolute Gasteiger partial charge is 0.494 e. The summed E-state index contributed by atoms with van der Waals surface area (Å²) >= 11 is 5.99. The van der Waals surface area contributed by atoms with Gasteiger partial charge in [0.2, 0.25) is 0 Å². The zero-order valence-electron chi connectivity index (χ0n) is 13.0. The zero-order chi connectivity index (χ0) is 17.3. The number of hydrogen-bond donors (Lipinski definition) is 1. The summed E-state index contributed by atoms with van der Waals surface area (Å²) in [6.45, 7) is 0. The van der Waals surface area contributed by atoms with Gasteiger partial charge in [0.15, 0.2) is 0 Å². The summed E-state index contributed by atoms with van der Waals surface area (Å²) in [7, 11) is 3.32. The highest BCUT2D eigenvalue weighted by Gasteiger charge is 2.18. The second-order valence-corrected chi connectivity index (χ2v) is 5.53. The summed E-state index contributed by atoms with van der Waals surface area (Å²) in [6, 6.07) is 8.49. The Morgan fingerprint density at radius 1 is 1.25 bits per heavy atom. The van der Waals surface area contributed by atoms with E-state index in [9.17, 15) is 9.90 Å². The molecule has 3 aromatic rings. The van der Waals surface area contributed by atoms with Crippen molar-refractivity contribution in [3.8, 4) is 28.1 Å². The van der Waals surface area contributed by atoms with Crippen molar-refractivity contribution >= 4 is 17.6 Å². The van der Waals surface area contributed by atoms with Gasteiger partial charge in [-0.15, -0.1) is 0 Å². The van der Waals surface area contributed by atoms with Crippen molar-refractivity contribution in [3.05, 3.63) is 53.4 Å². The summed E-state index contributed by atoms with van der Waals surface area (Å²) in [5.74, 6) is -0.590. The van der Waals surface area contributed by atoms with Crippen LogP contribution in [-0.2, 0) is 7.05 Å². The molecule has 0 aliphatic rings. The van der Waals surface area contributed by atoms with E-state index in [1.807, 2.05) is 19.3 Å². The van der Waals surface area contributed by atoms with Crippen LogP contribution < -0.4 is 4.74 Å². The van der Waals surface area contributed by atoms with Crippen LogP contribution in [0.25, 0.3) is 22.4 Å². The fourth-order valence-corrected chi connectivity index (χ4v) is 2.63. The van der Waals surface area contributed by atoms with Crippen LogP contribution in [-0.4, -0.2) is 33.0 Å². The molecule has 0 spiro atoms. The first-order chi connectivity index (χ1) is 11.5. The zero-order valence-corrected chi connectivity index (χ0v) is 13.8. The number of hydrogen-bond acceptors (Lipinski definition) is 4. The third-order valence-electron chi connectivity index (χ3n) is 3.60. The van der Waals surface area contributed by atoms with E-state index in [-0.39, 0.29) is 10.7 Å². The average molecular weight is 344 g/mol. The standard InChI is InChI=1S/C17H14ClN3O3/c1-21-6-5-14(20-21)10-3-4-11(17(22)23)12(7-10)13-8-16(18)19-9-15(13)24-2/h3-9H,1-2H3,(H,22,23). The Morgan fingerprint density at radius 3 is 2.67 bits per heavy atom. The molecule has 6 nitrogen and oxygen atoms in total. The molecule has 2 aromatic heterocycles. The van der Waals surface area contributed by atoms with Gasteiger partial charge in [-0.2, -0.15) is 5.10 Å². The Hall–Kier alpha value is -2.86. The highest BCUT2D eigenvalue weighted by Crippen LogP contribution is 2.35. The highest BCUT2D eigenvalue weighted by atomic mass is 35.5. The summed E-state index contributed by atoms with van der Waals surface area (Å²) < 4.78 is 6.99. The molecule has 0 aliphatic heterocycles. The summed E-state index contributed by atoms with van der Waals surface area (Å²) in [5, 5.41) is 14.1. The van der Waals surface area contributed by atoms with Gasteiger partial charge in [-0.25, -0.2) is 9.78 Å². The van der Waals surface area contributed by atoms with E-state index >= 15 is 0 Å². The number of pyridine rings is 1. The SMILES string of the molecule is COc1cnc(Cl)cc1-c1cc(-c2ccn(C)n2)ccc1C(=O)O. The molecule has 0 bridgehead atoms. The van der Waals surface area contributed by atoms with Gasteiger partial charge in [0.25, 0.3) is 0 Å². The molecule has 7 heteroatoms. The van der Waals surface area contributed by atoms with Gasteiger partial charge < -0.3 is 9.84 Å². The molecular formula is C17H14ClN3O3. The highest BCUT2D eigenvalue weighted by molar-refractivity contribution is 6.29. The van der Waals surface area contributed by atoms with Crippen LogP contribution in [0.4, 0.5) is 0 Å². The van der Waals surface area contributed by atoms with Gasteiger partial charge in [-0.3, -0.25) is 4.68 Å². The molecule has 0 saturated carbocycles. The number of methoxy groups -OCH3 is 1. The minimum Gasteiger partial charge on any atom is -0.494 e. The number of benzene rings is 1. The number of nitrogens with zero attached hydrogens (tertiary/aromatic N) is 3. The van der Waals surface area contributed by atoms with E-state index in [1.165, 1.54) is 13.3 Å². The molecule has 1 N–H and O–H groups in total. The van der Waals surface area contributed by atoms with Crippen molar-refractivity contribution in [2.45, 2.75) is 0 Å². The van der Waals surface area contributed by atoms with Crippen molar-refractivity contribution in [3.63, 3.8) is 0 Å². The van der Waals surface area contributed by atoms with E-state index in [0.29, 0.717) is 16.9 Å². The first kappa shape index (κ1) is 16.0. The van der Waals surface area contributed by atoms with Crippen LogP contribution >= 0.6 is 11.6 Å². The number of halogens is 1. The molecule has 122 valence electrons. The minimum atomic E-state index is -1.03. The summed E-state index contributed by atoms with van der Waals surface area (Å²) in [4.78, 5) is 15.6. The molecule has 0 radical (unpaired) electrons. The maximum atomic E-state index is 11.6. The Labute approximate surface area is 143 Å². The van der Waals surface area contributed by atoms with Crippen LogP contribution in [0, 0.1) is 0 Å². The molecule has 0 amide bonds. The molecule has 2 heterocycles. The van der Waals surface area contributed by atoms with Gasteiger partial charge in [-0.1, -0.05) is 17.7 Å². The lowest BCUT2D eigenvalue weighted by molar-refractivity contribution is 0.0698. The van der Waals surface area contributed by atoms with Crippen LogP contribution in [0.3, 0.4) is 0 Å². The second-order valence-electron chi connectivity index (χ2n) is 5.15. The van der Waals surface area contributed by atoms with Gasteiger partial charge >= 0.3 is 5.97 Å². The predicted molar refractivity (Wildman–Crippen MR) is 90.4 cm³/mol. The summed E-state index contributed by atoms with van der Waals surface area (Å²) in [6.07, 6.45) is 3.29. The Bertz CT molecular complexity index is 921. The number of carboxylic acids is 1. The number of aryl methyl sites for hydroxylation is 1. The van der Waals surface area contributed by atoms with Crippen LogP contribution in [0.5, 0.6) is 5.75 Å². The molecule has 1 aromatic carbocycles. The Balaban J connectivity index is 2.25. The first-order valence-electron chi connectivity index (χ1n) is 7.07. The molecule has 0 aliphatic carbocycles. The van der Waals surface area contributed by atoms with Crippen molar-refractivity contribution < 1.29 is 14.6 Å². The van der Waals surface area contributed by atoms with Gasteiger partial charge in [0, 0.05) is 29.9 Å². The predicted octanol–water partition coefficient (Wildman–Crippen LogP) is 3.51. The van der Waals surface area contributed by atoms with Crippen LogP contribution in [0.1, 0.15) is 10.4 Å². The Morgan fingerprint density at radius 2 is 2.04 bits per heavy atom. The topological polar surface area (TPSA) is 77.2 Å². The lowest BCUT2D eigenvalue weighted by Gasteiger charge is -2.12. The van der Waals surface area contributed by atoms with Crippen LogP contribution in [0.2, 0.25) is 5.15 Å². The number of carbonyl (C=O) groups is 1. The second kappa shape index (κ2) is 6.33. The summed E-state index contributed by atoms with van der Waals surface area (Å²) in [5.41, 5.74) is 2.75. The van der Waals surface area contributed by atoms with Gasteiger partial charge in [0.1, 0.15) is 10.9 Å². The quantitative estimate of drug-likeness (QED) is 0.733. The molecule has 0 fully saturated rings. The molecular weight excluding hydrogens is 330 g/mol. The number of rotatable bonds is 4. The first-order valence-corrected chi connectivity index (χ1v) is 7.44. The monoisotopic (exact) mass is 343 g/mol. The van der Waals surface area contributed by atoms with Crippen molar-refractivity contribution in [1.82, 2.24) is 14.8 Å². The average Bonchev–Trinajstić information content (AvgIpc) is 3.00. The van der Waals surface area contributed by atoms with Crippen LogP contribution in [0.15, 0.2) is 42.7 Å². The van der Waals surface area contributed by atoms with Gasteiger partial charge in [0.05, 0.1) is 24.6 Å².